The molecule has 0 fully saturated rings. The van der Waals surface area contributed by atoms with Crippen molar-refractivity contribution in [1.29, 1.82) is 0 Å². The van der Waals surface area contributed by atoms with E-state index in [1.807, 2.05) is 182 Å². The van der Waals surface area contributed by atoms with Crippen molar-refractivity contribution in [1.82, 2.24) is 39.9 Å². The van der Waals surface area contributed by atoms with E-state index >= 15 is 0 Å². The fourth-order valence-electron chi connectivity index (χ4n) is 8.91. The molecule has 0 amide bonds. The van der Waals surface area contributed by atoms with Crippen LogP contribution in [0.4, 0.5) is 11.4 Å². The van der Waals surface area contributed by atoms with E-state index in [1.165, 1.54) is 0 Å². The Labute approximate surface area is 414 Å². The third-order valence-corrected chi connectivity index (χ3v) is 12.6. The van der Waals surface area contributed by atoms with Crippen LogP contribution in [0.1, 0.15) is 22.5 Å². The van der Waals surface area contributed by atoms with E-state index in [9.17, 15) is 0 Å². The highest BCUT2D eigenvalue weighted by Crippen LogP contribution is 2.37. The number of aliphatic imine (C=N–C) groups is 2. The molecule has 4 aromatic heterocycles. The van der Waals surface area contributed by atoms with Gasteiger partial charge in [-0.2, -0.15) is 0 Å². The molecular weight excluding hydrogens is 885 g/mol. The van der Waals surface area contributed by atoms with E-state index in [1.54, 1.807) is 0 Å². The van der Waals surface area contributed by atoms with E-state index in [2.05, 4.69) is 48.5 Å². The van der Waals surface area contributed by atoms with Crippen LogP contribution in [0.25, 0.3) is 90.1 Å². The lowest BCUT2D eigenvalue weighted by molar-refractivity contribution is 1.07. The highest BCUT2D eigenvalue weighted by molar-refractivity contribution is 6.22. The second-order valence-electron chi connectivity index (χ2n) is 17.2. The molecule has 0 spiro atoms. The first-order valence-corrected chi connectivity index (χ1v) is 23.6. The van der Waals surface area contributed by atoms with Gasteiger partial charge in [0.05, 0.1) is 33.8 Å². The molecule has 8 aromatic carbocycles. The molecule has 0 bridgehead atoms. The molecule has 10 nitrogen and oxygen atoms in total. The van der Waals surface area contributed by atoms with Gasteiger partial charge >= 0.3 is 0 Å². The number of para-hydroxylation sites is 2. The van der Waals surface area contributed by atoms with Crippen molar-refractivity contribution >= 4 is 44.6 Å². The molecule has 5 heterocycles. The minimum absolute atomic E-state index is 0.559. The zero-order chi connectivity index (χ0) is 47.8. The largest absolute Gasteiger partial charge is 0.244 e. The first kappa shape index (κ1) is 42.1. The summed E-state index contributed by atoms with van der Waals surface area (Å²) in [5, 5.41) is 1.90. The molecule has 0 atom stereocenters. The highest BCUT2D eigenvalue weighted by Gasteiger charge is 2.25. The summed E-state index contributed by atoms with van der Waals surface area (Å²) in [6.45, 7) is 0. The van der Waals surface area contributed by atoms with E-state index < -0.39 is 0 Å². The molecule has 13 rings (SSSR count). The topological polar surface area (TPSA) is 128 Å². The van der Waals surface area contributed by atoms with Gasteiger partial charge in [0.25, 0.3) is 0 Å². The monoisotopic (exact) mass is 922 g/mol. The number of hydrogen-bond acceptors (Lipinski definition) is 10. The van der Waals surface area contributed by atoms with Crippen LogP contribution >= 0.6 is 0 Å². The smallest absolute Gasteiger partial charge is 0.164 e. The number of benzene rings is 8. The number of fused-ring (bicyclic) bond motifs is 4. The van der Waals surface area contributed by atoms with Gasteiger partial charge in [0.1, 0.15) is 11.4 Å². The Hall–Kier alpha value is -10.1. The van der Waals surface area contributed by atoms with E-state index in [0.717, 1.165) is 66.3 Å². The SMILES string of the molecule is c1ccc(-c2nc(-c3ccccc3)nc(-c3ccc(C4=Nc5cc6ccccc6nc5C(c5ccc(-c6nc(-c7ccccc7)nc(-c7ccccc7)n6)cc5)=Nc5cc6ccccc6nc54)cc3)n2)cc1. The molecular formula is C62H38N10. The zero-order valence-corrected chi connectivity index (χ0v) is 38.4. The molecule has 0 N–H and O–H groups in total. The van der Waals surface area contributed by atoms with Gasteiger partial charge < -0.3 is 0 Å². The minimum atomic E-state index is 0.559. The molecule has 12 aromatic rings. The van der Waals surface area contributed by atoms with Gasteiger partial charge in [-0.3, -0.25) is 0 Å². The third kappa shape index (κ3) is 8.14. The normalized spacial score (nSPS) is 12.1. The fraction of sp³-hybridized carbons (Fsp3) is 0. The summed E-state index contributed by atoms with van der Waals surface area (Å²) in [5.74, 6) is 3.50. The van der Waals surface area contributed by atoms with Gasteiger partial charge in [0, 0.05) is 55.3 Å². The van der Waals surface area contributed by atoms with Crippen LogP contribution in [-0.4, -0.2) is 51.3 Å². The highest BCUT2D eigenvalue weighted by atomic mass is 15.0. The van der Waals surface area contributed by atoms with Crippen molar-refractivity contribution in [2.45, 2.75) is 0 Å². The van der Waals surface area contributed by atoms with Crippen LogP contribution in [0.5, 0.6) is 0 Å². The lowest BCUT2D eigenvalue weighted by Crippen LogP contribution is -2.13. The Morgan fingerprint density at radius 3 is 0.764 bits per heavy atom. The van der Waals surface area contributed by atoms with E-state index in [4.69, 9.17) is 49.9 Å². The molecule has 0 unspecified atom stereocenters. The maximum absolute atomic E-state index is 5.54. The summed E-state index contributed by atoms with van der Waals surface area (Å²) in [6, 6.07) is 76.6. The number of pyridine rings is 2. The average Bonchev–Trinajstić information content (AvgIpc) is 3.46. The van der Waals surface area contributed by atoms with Crippen molar-refractivity contribution in [3.63, 3.8) is 0 Å². The van der Waals surface area contributed by atoms with Gasteiger partial charge in [-0.1, -0.05) is 206 Å². The standard InChI is InChI=1S/C62H38N10/c1-5-17-41(18-6-1)57-67-58(42-19-7-2-8-20-42)70-61(69-57)45-33-29-39(30-34-45)53-55-51(37-47-25-13-15-27-49(47)63-55)66-54(56-52(65-53)38-48-26-14-16-28-50(48)64-56)40-31-35-46(36-32-40)62-71-59(43-21-9-3-10-22-43)68-60(72-62)44-23-11-4-12-24-44/h1-38H. The van der Waals surface area contributed by atoms with Gasteiger partial charge in [0.2, 0.25) is 0 Å². The van der Waals surface area contributed by atoms with Gasteiger partial charge in [-0.25, -0.2) is 49.9 Å². The molecule has 0 radical (unpaired) electrons. The Morgan fingerprint density at radius 2 is 0.458 bits per heavy atom. The van der Waals surface area contributed by atoms with Crippen molar-refractivity contribution in [2.75, 3.05) is 0 Å². The van der Waals surface area contributed by atoms with Crippen molar-refractivity contribution in [3.8, 4) is 68.3 Å². The summed E-state index contributed by atoms with van der Waals surface area (Å²) in [4.78, 5) is 51.5. The van der Waals surface area contributed by atoms with Gasteiger partial charge in [-0.15, -0.1) is 0 Å². The summed E-state index contributed by atoms with van der Waals surface area (Å²) < 4.78 is 0. The number of aromatic nitrogens is 8. The maximum Gasteiger partial charge on any atom is 0.164 e. The van der Waals surface area contributed by atoms with Crippen LogP contribution < -0.4 is 0 Å². The Kier molecular flexibility index (Phi) is 10.6. The minimum Gasteiger partial charge on any atom is -0.244 e. The Bertz CT molecular complexity index is 3670. The number of nitrogens with zero attached hydrogens (tertiary/aromatic N) is 10. The predicted molar refractivity (Wildman–Crippen MR) is 286 cm³/mol. The van der Waals surface area contributed by atoms with Gasteiger partial charge in [-0.05, 0) is 24.3 Å². The number of rotatable bonds is 8. The summed E-state index contributed by atoms with van der Waals surface area (Å²) in [7, 11) is 0. The molecule has 1 aliphatic rings. The Morgan fingerprint density at radius 1 is 0.208 bits per heavy atom. The zero-order valence-electron chi connectivity index (χ0n) is 38.4. The molecule has 1 aliphatic heterocycles. The van der Waals surface area contributed by atoms with Crippen molar-refractivity contribution < 1.29 is 0 Å². The van der Waals surface area contributed by atoms with E-state index in [0.29, 0.717) is 69.1 Å². The van der Waals surface area contributed by atoms with Crippen LogP contribution in [0.2, 0.25) is 0 Å². The first-order valence-electron chi connectivity index (χ1n) is 23.6. The van der Waals surface area contributed by atoms with Crippen LogP contribution in [0.3, 0.4) is 0 Å². The lowest BCUT2D eigenvalue weighted by atomic mass is 9.98. The second-order valence-corrected chi connectivity index (χ2v) is 17.2. The Balaban J connectivity index is 0.948. The molecule has 0 saturated carbocycles. The first-order chi connectivity index (χ1) is 35.6. The summed E-state index contributed by atoms with van der Waals surface area (Å²) in [5.41, 5.74) is 12.5. The molecule has 336 valence electrons. The second kappa shape index (κ2) is 18.1. The average molecular weight is 923 g/mol. The maximum atomic E-state index is 5.54. The molecule has 72 heavy (non-hydrogen) atoms. The van der Waals surface area contributed by atoms with Crippen LogP contribution in [-0.2, 0) is 0 Å². The lowest BCUT2D eigenvalue weighted by Gasteiger charge is -2.18. The van der Waals surface area contributed by atoms with Crippen LogP contribution in [0, 0.1) is 0 Å². The van der Waals surface area contributed by atoms with E-state index in [-0.39, 0.29) is 0 Å². The summed E-state index contributed by atoms with van der Waals surface area (Å²) in [6.07, 6.45) is 0. The fourth-order valence-corrected chi connectivity index (χ4v) is 8.91. The molecule has 0 saturated heterocycles. The van der Waals surface area contributed by atoms with Gasteiger partial charge in [0.15, 0.2) is 34.9 Å². The molecule has 10 heteroatoms. The summed E-state index contributed by atoms with van der Waals surface area (Å²) >= 11 is 0. The quantitative estimate of drug-likeness (QED) is 0.147. The van der Waals surface area contributed by atoms with Crippen molar-refractivity contribution in [2.24, 2.45) is 9.98 Å². The van der Waals surface area contributed by atoms with Crippen molar-refractivity contribution in [3.05, 3.63) is 253 Å². The number of hydrogen-bond donors (Lipinski definition) is 0. The third-order valence-electron chi connectivity index (χ3n) is 12.6. The molecule has 0 aliphatic carbocycles. The predicted octanol–water partition coefficient (Wildman–Crippen LogP) is 13.8. The van der Waals surface area contributed by atoms with Crippen LogP contribution in [0.15, 0.2) is 241 Å².